The molecule has 1 atom stereocenters. The molecule has 1 N–H and O–H groups in total. The molecule has 0 spiro atoms. The van der Waals surface area contributed by atoms with Gasteiger partial charge in [0, 0.05) is 24.7 Å². The van der Waals surface area contributed by atoms with Crippen LogP contribution in [0.25, 0.3) is 0 Å². The summed E-state index contributed by atoms with van der Waals surface area (Å²) in [4.78, 5) is 30.7. The van der Waals surface area contributed by atoms with Gasteiger partial charge in [0.1, 0.15) is 0 Å². The SMILES string of the molecule is Cc1noc(C2CCCN(C(=O)Cc3ccc(NC(=O)C4CC4)cc3)C2)n1. The van der Waals surface area contributed by atoms with Crippen LogP contribution >= 0.6 is 0 Å². The largest absolute Gasteiger partial charge is 0.342 e. The Morgan fingerprint density at radius 2 is 2.00 bits per heavy atom. The van der Waals surface area contributed by atoms with E-state index in [2.05, 4.69) is 15.5 Å². The van der Waals surface area contributed by atoms with Gasteiger partial charge in [-0.3, -0.25) is 9.59 Å². The number of rotatable bonds is 5. The van der Waals surface area contributed by atoms with Crippen LogP contribution in [0.5, 0.6) is 0 Å². The normalized spacial score (nSPS) is 19.7. The summed E-state index contributed by atoms with van der Waals surface area (Å²) in [5.74, 6) is 1.74. The average Bonchev–Trinajstić information content (AvgIpc) is 3.44. The number of nitrogens with one attached hydrogen (secondary N) is 1. The van der Waals surface area contributed by atoms with E-state index in [1.165, 1.54) is 0 Å². The van der Waals surface area contributed by atoms with E-state index in [-0.39, 0.29) is 23.7 Å². The number of hydrogen-bond acceptors (Lipinski definition) is 5. The number of anilines is 1. The van der Waals surface area contributed by atoms with Crippen molar-refractivity contribution in [3.8, 4) is 0 Å². The van der Waals surface area contributed by atoms with Crippen LogP contribution in [-0.2, 0) is 16.0 Å². The van der Waals surface area contributed by atoms with Crippen molar-refractivity contribution in [2.24, 2.45) is 5.92 Å². The molecule has 27 heavy (non-hydrogen) atoms. The number of carbonyl (C=O) groups is 2. The average molecular weight is 368 g/mol. The summed E-state index contributed by atoms with van der Waals surface area (Å²) in [5, 5.41) is 6.77. The van der Waals surface area contributed by atoms with E-state index in [1.54, 1.807) is 6.92 Å². The van der Waals surface area contributed by atoms with Crippen LogP contribution in [0.3, 0.4) is 0 Å². The van der Waals surface area contributed by atoms with Crippen molar-refractivity contribution in [1.29, 1.82) is 0 Å². The van der Waals surface area contributed by atoms with Gasteiger partial charge in [0.05, 0.1) is 12.3 Å². The van der Waals surface area contributed by atoms with E-state index in [0.29, 0.717) is 24.7 Å². The lowest BCUT2D eigenvalue weighted by Gasteiger charge is -2.31. The second kappa shape index (κ2) is 7.50. The Hall–Kier alpha value is -2.70. The van der Waals surface area contributed by atoms with E-state index in [9.17, 15) is 9.59 Å². The molecule has 2 aromatic rings. The number of carbonyl (C=O) groups excluding carboxylic acids is 2. The first-order valence-electron chi connectivity index (χ1n) is 9.56. The lowest BCUT2D eigenvalue weighted by atomic mass is 9.97. The fourth-order valence-electron chi connectivity index (χ4n) is 3.47. The first-order chi connectivity index (χ1) is 13.1. The van der Waals surface area contributed by atoms with E-state index in [1.807, 2.05) is 29.2 Å². The molecule has 7 heteroatoms. The predicted molar refractivity (Wildman–Crippen MR) is 99.1 cm³/mol. The summed E-state index contributed by atoms with van der Waals surface area (Å²) in [7, 11) is 0. The standard InChI is InChI=1S/C20H24N4O3/c1-13-21-20(27-23-13)16-3-2-10-24(12-16)18(25)11-14-4-8-17(9-5-14)22-19(26)15-6-7-15/h4-5,8-9,15-16H,2-3,6-7,10-12H2,1H3,(H,22,26). The smallest absolute Gasteiger partial charge is 0.231 e. The number of aromatic nitrogens is 2. The summed E-state index contributed by atoms with van der Waals surface area (Å²) in [5.41, 5.74) is 1.73. The minimum atomic E-state index is 0.0921. The topological polar surface area (TPSA) is 88.3 Å². The molecule has 1 saturated heterocycles. The Morgan fingerprint density at radius 1 is 1.22 bits per heavy atom. The van der Waals surface area contributed by atoms with Crippen molar-refractivity contribution in [3.63, 3.8) is 0 Å². The molecular formula is C20H24N4O3. The maximum Gasteiger partial charge on any atom is 0.231 e. The number of hydrogen-bond donors (Lipinski definition) is 1. The van der Waals surface area contributed by atoms with Gasteiger partial charge >= 0.3 is 0 Å². The molecule has 0 bridgehead atoms. The third-order valence-electron chi connectivity index (χ3n) is 5.19. The molecule has 1 aliphatic carbocycles. The number of nitrogens with zero attached hydrogens (tertiary/aromatic N) is 3. The lowest BCUT2D eigenvalue weighted by Crippen LogP contribution is -2.40. The highest BCUT2D eigenvalue weighted by molar-refractivity contribution is 5.94. The number of piperidine rings is 1. The van der Waals surface area contributed by atoms with Gasteiger partial charge in [0.2, 0.25) is 17.7 Å². The maximum absolute atomic E-state index is 12.7. The molecule has 2 amide bonds. The highest BCUT2D eigenvalue weighted by atomic mass is 16.5. The molecule has 4 rings (SSSR count). The zero-order valence-electron chi connectivity index (χ0n) is 15.5. The van der Waals surface area contributed by atoms with Crippen molar-refractivity contribution in [2.75, 3.05) is 18.4 Å². The van der Waals surface area contributed by atoms with Crippen LogP contribution in [-0.4, -0.2) is 39.9 Å². The maximum atomic E-state index is 12.7. The van der Waals surface area contributed by atoms with Gasteiger partial charge in [0.25, 0.3) is 0 Å². The zero-order chi connectivity index (χ0) is 18.8. The monoisotopic (exact) mass is 368 g/mol. The zero-order valence-corrected chi connectivity index (χ0v) is 15.5. The van der Waals surface area contributed by atoms with Crippen LogP contribution in [0.1, 0.15) is 48.9 Å². The van der Waals surface area contributed by atoms with Gasteiger partial charge in [-0.15, -0.1) is 0 Å². The van der Waals surface area contributed by atoms with Gasteiger partial charge in [-0.05, 0) is 50.3 Å². The van der Waals surface area contributed by atoms with Crippen LogP contribution in [0.4, 0.5) is 5.69 Å². The minimum absolute atomic E-state index is 0.0921. The molecular weight excluding hydrogens is 344 g/mol. The summed E-state index contributed by atoms with van der Waals surface area (Å²) in [6, 6.07) is 7.54. The molecule has 7 nitrogen and oxygen atoms in total. The van der Waals surface area contributed by atoms with Gasteiger partial charge in [-0.2, -0.15) is 4.98 Å². The molecule has 2 fully saturated rings. The van der Waals surface area contributed by atoms with Crippen molar-refractivity contribution in [1.82, 2.24) is 15.0 Å². The van der Waals surface area contributed by atoms with Crippen LogP contribution in [0.2, 0.25) is 0 Å². The Balaban J connectivity index is 1.33. The predicted octanol–water partition coefficient (Wildman–Crippen LogP) is 2.68. The number of aryl methyl sites for hydroxylation is 1. The van der Waals surface area contributed by atoms with Crippen molar-refractivity contribution in [2.45, 2.75) is 44.9 Å². The number of amides is 2. The molecule has 2 aliphatic rings. The Labute approximate surface area is 158 Å². The fraction of sp³-hybridized carbons (Fsp3) is 0.500. The summed E-state index contributed by atoms with van der Waals surface area (Å²) in [6.45, 7) is 3.18. The number of likely N-dealkylation sites (tertiary alicyclic amines) is 1. The van der Waals surface area contributed by atoms with Gasteiger partial charge in [-0.25, -0.2) is 0 Å². The second-order valence-corrected chi connectivity index (χ2v) is 7.50. The van der Waals surface area contributed by atoms with Crippen molar-refractivity contribution in [3.05, 3.63) is 41.5 Å². The second-order valence-electron chi connectivity index (χ2n) is 7.50. The first kappa shape index (κ1) is 17.7. The minimum Gasteiger partial charge on any atom is -0.342 e. The van der Waals surface area contributed by atoms with Crippen molar-refractivity contribution < 1.29 is 14.1 Å². The van der Waals surface area contributed by atoms with E-state index in [4.69, 9.17) is 4.52 Å². The fourth-order valence-corrected chi connectivity index (χ4v) is 3.47. The summed E-state index contributed by atoms with van der Waals surface area (Å²) in [6.07, 6.45) is 4.22. The molecule has 1 unspecified atom stereocenters. The van der Waals surface area contributed by atoms with E-state index < -0.39 is 0 Å². The Bertz CT molecular complexity index is 826. The van der Waals surface area contributed by atoms with Crippen LogP contribution < -0.4 is 5.32 Å². The van der Waals surface area contributed by atoms with Gasteiger partial charge in [-0.1, -0.05) is 17.3 Å². The molecule has 1 aromatic carbocycles. The quantitative estimate of drug-likeness (QED) is 0.876. The molecule has 1 aromatic heterocycles. The number of benzene rings is 1. The van der Waals surface area contributed by atoms with Gasteiger partial charge < -0.3 is 14.7 Å². The molecule has 1 aliphatic heterocycles. The highest BCUT2D eigenvalue weighted by Crippen LogP contribution is 2.30. The van der Waals surface area contributed by atoms with Crippen LogP contribution in [0, 0.1) is 12.8 Å². The van der Waals surface area contributed by atoms with Gasteiger partial charge in [0.15, 0.2) is 5.82 Å². The third-order valence-corrected chi connectivity index (χ3v) is 5.19. The first-order valence-corrected chi connectivity index (χ1v) is 9.56. The molecule has 142 valence electrons. The van der Waals surface area contributed by atoms with Crippen LogP contribution in [0.15, 0.2) is 28.8 Å². The Kier molecular flexibility index (Phi) is 4.92. The lowest BCUT2D eigenvalue weighted by molar-refractivity contribution is -0.131. The Morgan fingerprint density at radius 3 is 2.67 bits per heavy atom. The summed E-state index contributed by atoms with van der Waals surface area (Å²) < 4.78 is 5.28. The molecule has 1 saturated carbocycles. The van der Waals surface area contributed by atoms with E-state index in [0.717, 1.165) is 43.5 Å². The molecule has 0 radical (unpaired) electrons. The highest BCUT2D eigenvalue weighted by Gasteiger charge is 2.30. The summed E-state index contributed by atoms with van der Waals surface area (Å²) >= 11 is 0. The van der Waals surface area contributed by atoms with E-state index >= 15 is 0 Å². The molecule has 2 heterocycles. The third kappa shape index (κ3) is 4.35. The van der Waals surface area contributed by atoms with Crippen molar-refractivity contribution >= 4 is 17.5 Å².